The van der Waals surface area contributed by atoms with Gasteiger partial charge >= 0.3 is 0 Å². The van der Waals surface area contributed by atoms with Crippen molar-refractivity contribution in [3.05, 3.63) is 21.4 Å². The molecule has 1 heterocycles. The van der Waals surface area contributed by atoms with E-state index in [1.165, 1.54) is 10.4 Å². The first-order chi connectivity index (χ1) is 9.55. The Morgan fingerprint density at radius 3 is 2.70 bits per heavy atom. The first kappa shape index (κ1) is 15.5. The average Bonchev–Trinajstić information content (AvgIpc) is 2.79. The molecule has 112 valence electrons. The first-order valence-electron chi connectivity index (χ1n) is 7.60. The van der Waals surface area contributed by atoms with E-state index in [2.05, 4.69) is 19.9 Å². The number of rotatable bonds is 6. The molecule has 1 N–H and O–H groups in total. The number of hydrogen-bond donors (Lipinski definition) is 1. The summed E-state index contributed by atoms with van der Waals surface area (Å²) in [6.07, 6.45) is 4.72. The third-order valence-corrected chi connectivity index (χ3v) is 5.28. The molecule has 1 aliphatic rings. The summed E-state index contributed by atoms with van der Waals surface area (Å²) in [4.78, 5) is 16.5. The third-order valence-electron chi connectivity index (χ3n) is 4.05. The van der Waals surface area contributed by atoms with Crippen LogP contribution in [0, 0.1) is 5.92 Å². The molecule has 20 heavy (non-hydrogen) atoms. The number of aliphatic hydroxyl groups is 1. The van der Waals surface area contributed by atoms with E-state index < -0.39 is 0 Å². The second kappa shape index (κ2) is 6.72. The minimum atomic E-state index is -0.145. The van der Waals surface area contributed by atoms with Crippen molar-refractivity contribution in [1.29, 1.82) is 0 Å². The highest BCUT2D eigenvalue weighted by Crippen LogP contribution is 2.29. The molecule has 1 saturated carbocycles. The molecule has 0 radical (unpaired) electrons. The maximum Gasteiger partial charge on any atom is 0.263 e. The van der Waals surface area contributed by atoms with Gasteiger partial charge in [0.15, 0.2) is 0 Å². The number of hydrogen-bond acceptors (Lipinski definition) is 3. The van der Waals surface area contributed by atoms with Gasteiger partial charge in [-0.2, -0.15) is 0 Å². The molecule has 1 fully saturated rings. The highest BCUT2D eigenvalue weighted by Gasteiger charge is 2.29. The zero-order valence-electron chi connectivity index (χ0n) is 12.7. The van der Waals surface area contributed by atoms with Crippen LogP contribution in [-0.2, 0) is 12.8 Å². The van der Waals surface area contributed by atoms with Crippen LogP contribution in [0.2, 0.25) is 0 Å². The molecule has 0 aliphatic heterocycles. The van der Waals surface area contributed by atoms with Crippen LogP contribution in [0.25, 0.3) is 0 Å². The van der Waals surface area contributed by atoms with Crippen LogP contribution in [-0.4, -0.2) is 35.6 Å². The summed E-state index contributed by atoms with van der Waals surface area (Å²) in [5.41, 5.74) is 1.33. The maximum absolute atomic E-state index is 12.5. The van der Waals surface area contributed by atoms with E-state index in [4.69, 9.17) is 0 Å². The normalized spacial score (nSPS) is 21.6. The standard InChI is InChI=1S/C16H25NO2S/c1-4-6-14-12(5-2)9-15(20-14)16(19)17(3)10-11-7-13(18)8-11/h9,11,13,18H,4-8,10H2,1-3H3. The Bertz CT molecular complexity index is 463. The quantitative estimate of drug-likeness (QED) is 0.876. The van der Waals surface area contributed by atoms with Crippen molar-refractivity contribution < 1.29 is 9.90 Å². The van der Waals surface area contributed by atoms with Gasteiger partial charge < -0.3 is 10.0 Å². The van der Waals surface area contributed by atoms with Crippen LogP contribution in [0.3, 0.4) is 0 Å². The zero-order valence-corrected chi connectivity index (χ0v) is 13.5. The number of aliphatic hydroxyl groups excluding tert-OH is 1. The Labute approximate surface area is 125 Å². The van der Waals surface area contributed by atoms with Crippen LogP contribution in [0.1, 0.15) is 53.2 Å². The highest BCUT2D eigenvalue weighted by atomic mass is 32.1. The zero-order chi connectivity index (χ0) is 14.7. The van der Waals surface area contributed by atoms with Gasteiger partial charge in [0, 0.05) is 18.5 Å². The SMILES string of the molecule is CCCc1sc(C(=O)N(C)CC2CC(O)C2)cc1CC. The fourth-order valence-corrected chi connectivity index (χ4v) is 4.17. The van der Waals surface area contributed by atoms with Gasteiger partial charge in [0.25, 0.3) is 5.91 Å². The molecule has 4 heteroatoms. The van der Waals surface area contributed by atoms with Crippen molar-refractivity contribution >= 4 is 17.2 Å². The van der Waals surface area contributed by atoms with Gasteiger partial charge in [0.05, 0.1) is 11.0 Å². The van der Waals surface area contributed by atoms with Crippen LogP contribution >= 0.6 is 11.3 Å². The molecular weight excluding hydrogens is 270 g/mol. The molecule has 0 bridgehead atoms. The van der Waals surface area contributed by atoms with E-state index in [1.807, 2.05) is 11.9 Å². The average molecular weight is 295 g/mol. The Kier molecular flexibility index (Phi) is 5.22. The van der Waals surface area contributed by atoms with Crippen molar-refractivity contribution in [1.82, 2.24) is 4.90 Å². The Balaban J connectivity index is 2.00. The minimum absolute atomic E-state index is 0.133. The molecule has 1 aliphatic carbocycles. The lowest BCUT2D eigenvalue weighted by Gasteiger charge is -2.34. The molecule has 3 nitrogen and oxygen atoms in total. The van der Waals surface area contributed by atoms with Gasteiger partial charge in [0.1, 0.15) is 0 Å². The Morgan fingerprint density at radius 2 is 2.15 bits per heavy atom. The van der Waals surface area contributed by atoms with Crippen LogP contribution in [0.5, 0.6) is 0 Å². The van der Waals surface area contributed by atoms with E-state index in [0.717, 1.165) is 43.5 Å². The number of carbonyl (C=O) groups is 1. The van der Waals surface area contributed by atoms with Crippen molar-refractivity contribution in [2.75, 3.05) is 13.6 Å². The van der Waals surface area contributed by atoms with Crippen molar-refractivity contribution in [2.24, 2.45) is 5.92 Å². The fourth-order valence-electron chi connectivity index (χ4n) is 2.82. The van der Waals surface area contributed by atoms with Crippen molar-refractivity contribution in [3.8, 4) is 0 Å². The lowest BCUT2D eigenvalue weighted by atomic mass is 9.82. The third kappa shape index (κ3) is 3.41. The summed E-state index contributed by atoms with van der Waals surface area (Å²) in [7, 11) is 1.87. The molecule has 0 saturated heterocycles. The molecule has 0 atom stereocenters. The lowest BCUT2D eigenvalue weighted by Crippen LogP contribution is -2.39. The second-order valence-electron chi connectivity index (χ2n) is 5.84. The Morgan fingerprint density at radius 1 is 1.45 bits per heavy atom. The number of carbonyl (C=O) groups excluding carboxylic acids is 1. The summed E-state index contributed by atoms with van der Waals surface area (Å²) < 4.78 is 0. The van der Waals surface area contributed by atoms with Gasteiger partial charge in [-0.25, -0.2) is 0 Å². The predicted molar refractivity (Wildman–Crippen MR) is 83.4 cm³/mol. The molecule has 0 unspecified atom stereocenters. The second-order valence-corrected chi connectivity index (χ2v) is 6.98. The largest absolute Gasteiger partial charge is 0.393 e. The lowest BCUT2D eigenvalue weighted by molar-refractivity contribution is 0.0266. The van der Waals surface area contributed by atoms with Gasteiger partial charge in [-0.1, -0.05) is 20.3 Å². The van der Waals surface area contributed by atoms with Gasteiger partial charge in [-0.05, 0) is 43.2 Å². The Hall–Kier alpha value is -0.870. The van der Waals surface area contributed by atoms with Crippen molar-refractivity contribution in [2.45, 2.75) is 52.1 Å². The van der Waals surface area contributed by atoms with Crippen LogP contribution in [0.15, 0.2) is 6.07 Å². The molecule has 2 rings (SSSR count). The van der Waals surface area contributed by atoms with E-state index in [0.29, 0.717) is 5.92 Å². The number of aryl methyl sites for hydroxylation is 2. The van der Waals surface area contributed by atoms with Gasteiger partial charge in [-0.3, -0.25) is 4.79 Å². The first-order valence-corrected chi connectivity index (χ1v) is 8.41. The van der Waals surface area contributed by atoms with Crippen LogP contribution < -0.4 is 0 Å². The molecular formula is C16H25NO2S. The van der Waals surface area contributed by atoms with Crippen molar-refractivity contribution in [3.63, 3.8) is 0 Å². The summed E-state index contributed by atoms with van der Waals surface area (Å²) >= 11 is 1.66. The van der Waals surface area contributed by atoms with E-state index in [1.54, 1.807) is 11.3 Å². The van der Waals surface area contributed by atoms with E-state index in [-0.39, 0.29) is 12.0 Å². The molecule has 0 spiro atoms. The monoisotopic (exact) mass is 295 g/mol. The summed E-state index contributed by atoms with van der Waals surface area (Å²) in [5, 5.41) is 9.32. The smallest absolute Gasteiger partial charge is 0.263 e. The number of nitrogens with zero attached hydrogens (tertiary/aromatic N) is 1. The molecule has 1 aromatic rings. The molecule has 1 aromatic heterocycles. The van der Waals surface area contributed by atoms with Gasteiger partial charge in [0.2, 0.25) is 0 Å². The molecule has 0 aromatic carbocycles. The summed E-state index contributed by atoms with van der Waals surface area (Å²) in [6.45, 7) is 5.09. The summed E-state index contributed by atoms with van der Waals surface area (Å²) in [6, 6.07) is 2.07. The molecule has 1 amide bonds. The topological polar surface area (TPSA) is 40.5 Å². The van der Waals surface area contributed by atoms with E-state index in [9.17, 15) is 9.90 Å². The fraction of sp³-hybridized carbons (Fsp3) is 0.688. The highest BCUT2D eigenvalue weighted by molar-refractivity contribution is 7.14. The maximum atomic E-state index is 12.5. The minimum Gasteiger partial charge on any atom is -0.393 e. The number of thiophene rings is 1. The predicted octanol–water partition coefficient (Wildman–Crippen LogP) is 3.11. The van der Waals surface area contributed by atoms with Crippen LogP contribution in [0.4, 0.5) is 0 Å². The number of amides is 1. The van der Waals surface area contributed by atoms with E-state index >= 15 is 0 Å². The summed E-state index contributed by atoms with van der Waals surface area (Å²) in [5.74, 6) is 0.605. The van der Waals surface area contributed by atoms with Gasteiger partial charge in [-0.15, -0.1) is 11.3 Å².